The summed E-state index contributed by atoms with van der Waals surface area (Å²) in [6, 6.07) is 14.3. The van der Waals surface area contributed by atoms with Gasteiger partial charge in [0.25, 0.3) is 5.69 Å². The zero-order chi connectivity index (χ0) is 23.3. The minimum Gasteiger partial charge on any atom is -0.441 e. The maximum atomic E-state index is 12.7. The molecule has 1 atom stereocenters. The number of amides is 1. The SMILES string of the molecule is CC(C)Cc1ccc(-c2cnc(CCC(=O)N(C)[C@H](C)c3cccc([N+](=O)[O-])c3)o2)cc1. The molecule has 168 valence electrons. The fraction of sp³-hybridized carbons (Fsp3) is 0.360. The van der Waals surface area contributed by atoms with E-state index in [1.165, 1.54) is 17.7 Å². The van der Waals surface area contributed by atoms with Gasteiger partial charge in [-0.2, -0.15) is 0 Å². The lowest BCUT2D eigenvalue weighted by Crippen LogP contribution is -2.29. The Morgan fingerprint density at radius 2 is 1.88 bits per heavy atom. The Morgan fingerprint density at radius 1 is 1.16 bits per heavy atom. The van der Waals surface area contributed by atoms with Gasteiger partial charge < -0.3 is 9.32 Å². The van der Waals surface area contributed by atoms with Gasteiger partial charge in [-0.1, -0.05) is 50.2 Å². The lowest BCUT2D eigenvalue weighted by Gasteiger charge is -2.25. The van der Waals surface area contributed by atoms with Gasteiger partial charge in [0, 0.05) is 37.6 Å². The van der Waals surface area contributed by atoms with Crippen molar-refractivity contribution in [3.05, 3.63) is 81.9 Å². The molecule has 7 heteroatoms. The summed E-state index contributed by atoms with van der Waals surface area (Å²) < 4.78 is 5.85. The number of nitro benzene ring substituents is 1. The van der Waals surface area contributed by atoms with Crippen LogP contribution in [0.4, 0.5) is 5.69 Å². The number of benzene rings is 2. The topological polar surface area (TPSA) is 89.5 Å². The second-order valence-electron chi connectivity index (χ2n) is 8.45. The van der Waals surface area contributed by atoms with Crippen LogP contribution in [0.5, 0.6) is 0 Å². The Bertz CT molecular complexity index is 1070. The molecule has 7 nitrogen and oxygen atoms in total. The summed E-state index contributed by atoms with van der Waals surface area (Å²) in [4.78, 5) is 29.2. The summed E-state index contributed by atoms with van der Waals surface area (Å²) in [5, 5.41) is 11.0. The Morgan fingerprint density at radius 3 is 2.53 bits per heavy atom. The highest BCUT2D eigenvalue weighted by molar-refractivity contribution is 5.76. The number of carbonyl (C=O) groups is 1. The predicted molar refractivity (Wildman–Crippen MR) is 123 cm³/mol. The van der Waals surface area contributed by atoms with Gasteiger partial charge >= 0.3 is 0 Å². The molecule has 0 fully saturated rings. The van der Waals surface area contributed by atoms with Crippen LogP contribution in [0.2, 0.25) is 0 Å². The highest BCUT2D eigenvalue weighted by atomic mass is 16.6. The van der Waals surface area contributed by atoms with Gasteiger partial charge in [0.2, 0.25) is 5.91 Å². The third-order valence-corrected chi connectivity index (χ3v) is 5.53. The Kier molecular flexibility index (Phi) is 7.41. The zero-order valence-electron chi connectivity index (χ0n) is 18.9. The van der Waals surface area contributed by atoms with Crippen molar-refractivity contribution in [2.45, 2.75) is 46.1 Å². The van der Waals surface area contributed by atoms with Crippen LogP contribution in [0.3, 0.4) is 0 Å². The van der Waals surface area contributed by atoms with Crippen molar-refractivity contribution in [2.24, 2.45) is 5.92 Å². The number of aryl methyl sites for hydroxylation is 1. The highest BCUT2D eigenvalue weighted by Crippen LogP contribution is 2.25. The van der Waals surface area contributed by atoms with Crippen LogP contribution >= 0.6 is 0 Å². The number of nitrogens with zero attached hydrogens (tertiary/aromatic N) is 3. The van der Waals surface area contributed by atoms with E-state index in [2.05, 4.69) is 31.0 Å². The van der Waals surface area contributed by atoms with E-state index < -0.39 is 4.92 Å². The van der Waals surface area contributed by atoms with Crippen molar-refractivity contribution in [1.82, 2.24) is 9.88 Å². The van der Waals surface area contributed by atoms with E-state index in [1.54, 1.807) is 30.3 Å². The van der Waals surface area contributed by atoms with Crippen LogP contribution in [0, 0.1) is 16.0 Å². The van der Waals surface area contributed by atoms with Crippen LogP contribution in [0.15, 0.2) is 59.1 Å². The van der Waals surface area contributed by atoms with Gasteiger partial charge in [0.05, 0.1) is 17.2 Å². The molecule has 0 N–H and O–H groups in total. The highest BCUT2D eigenvalue weighted by Gasteiger charge is 2.20. The van der Waals surface area contributed by atoms with Crippen molar-refractivity contribution in [3.63, 3.8) is 0 Å². The number of aromatic nitrogens is 1. The minimum atomic E-state index is -0.434. The van der Waals surface area contributed by atoms with E-state index in [-0.39, 0.29) is 24.1 Å². The fourth-order valence-corrected chi connectivity index (χ4v) is 3.56. The third kappa shape index (κ3) is 5.81. The number of non-ortho nitro benzene ring substituents is 1. The first-order valence-electron chi connectivity index (χ1n) is 10.8. The second-order valence-corrected chi connectivity index (χ2v) is 8.45. The summed E-state index contributed by atoms with van der Waals surface area (Å²) in [7, 11) is 1.70. The molecule has 3 aromatic rings. The molecule has 0 saturated heterocycles. The van der Waals surface area contributed by atoms with Gasteiger partial charge in [0.1, 0.15) is 0 Å². The molecule has 1 aromatic heterocycles. The average Bonchev–Trinajstić information content (AvgIpc) is 3.25. The third-order valence-electron chi connectivity index (χ3n) is 5.53. The van der Waals surface area contributed by atoms with Crippen molar-refractivity contribution in [3.8, 4) is 11.3 Å². The summed E-state index contributed by atoms with van der Waals surface area (Å²) in [5.41, 5.74) is 2.98. The lowest BCUT2D eigenvalue weighted by atomic mass is 10.0. The van der Waals surface area contributed by atoms with Gasteiger partial charge in [-0.25, -0.2) is 4.98 Å². The van der Waals surface area contributed by atoms with Crippen LogP contribution in [-0.2, 0) is 17.6 Å². The quantitative estimate of drug-likeness (QED) is 0.322. The Hall–Kier alpha value is -3.48. The van der Waals surface area contributed by atoms with E-state index in [1.807, 2.05) is 19.1 Å². The van der Waals surface area contributed by atoms with Crippen molar-refractivity contribution < 1.29 is 14.1 Å². The van der Waals surface area contributed by atoms with E-state index in [0.29, 0.717) is 24.0 Å². The maximum absolute atomic E-state index is 12.7. The van der Waals surface area contributed by atoms with Crippen molar-refractivity contribution in [2.75, 3.05) is 7.05 Å². The number of oxazole rings is 1. The van der Waals surface area contributed by atoms with Gasteiger partial charge in [0.15, 0.2) is 11.7 Å². The zero-order valence-corrected chi connectivity index (χ0v) is 18.9. The van der Waals surface area contributed by atoms with E-state index >= 15 is 0 Å². The minimum absolute atomic E-state index is 0.0137. The lowest BCUT2D eigenvalue weighted by molar-refractivity contribution is -0.384. The second kappa shape index (κ2) is 10.2. The number of hydrogen-bond donors (Lipinski definition) is 0. The number of rotatable bonds is 9. The molecule has 0 radical (unpaired) electrons. The van der Waals surface area contributed by atoms with Crippen LogP contribution in [-0.4, -0.2) is 27.8 Å². The average molecular weight is 436 g/mol. The van der Waals surface area contributed by atoms with E-state index in [0.717, 1.165) is 17.5 Å². The first-order chi connectivity index (χ1) is 15.2. The van der Waals surface area contributed by atoms with Crippen LogP contribution < -0.4 is 0 Å². The molecule has 0 aliphatic heterocycles. The Labute approximate surface area is 188 Å². The summed E-state index contributed by atoms with van der Waals surface area (Å²) in [5.74, 6) is 1.72. The molecule has 1 amide bonds. The normalized spacial score (nSPS) is 12.0. The van der Waals surface area contributed by atoms with Crippen molar-refractivity contribution in [1.29, 1.82) is 0 Å². The molecule has 0 saturated carbocycles. The maximum Gasteiger partial charge on any atom is 0.269 e. The first kappa shape index (κ1) is 23.2. The summed E-state index contributed by atoms with van der Waals surface area (Å²) in [6.07, 6.45) is 3.35. The van der Waals surface area contributed by atoms with Gasteiger partial charge in [-0.05, 0) is 30.4 Å². The standard InChI is InChI=1S/C25H29N3O4/c1-17(2)14-19-8-10-20(11-9-19)23-16-26-24(32-23)12-13-25(29)27(4)18(3)21-6-5-7-22(15-21)28(30)31/h5-11,15-18H,12-14H2,1-4H3/t18-/m1/s1. The van der Waals surface area contributed by atoms with E-state index in [4.69, 9.17) is 4.42 Å². The molecule has 1 heterocycles. The smallest absolute Gasteiger partial charge is 0.269 e. The van der Waals surface area contributed by atoms with Crippen LogP contribution in [0.1, 0.15) is 50.3 Å². The molecule has 0 aliphatic rings. The molecular weight excluding hydrogens is 406 g/mol. The van der Waals surface area contributed by atoms with Crippen molar-refractivity contribution >= 4 is 11.6 Å². The van der Waals surface area contributed by atoms with E-state index in [9.17, 15) is 14.9 Å². The molecule has 3 rings (SSSR count). The first-order valence-corrected chi connectivity index (χ1v) is 10.8. The summed E-state index contributed by atoms with van der Waals surface area (Å²) >= 11 is 0. The molecule has 0 unspecified atom stereocenters. The predicted octanol–water partition coefficient (Wildman–Crippen LogP) is 5.60. The molecule has 2 aromatic carbocycles. The van der Waals surface area contributed by atoms with Gasteiger partial charge in [-0.15, -0.1) is 0 Å². The number of carbonyl (C=O) groups excluding carboxylic acids is 1. The monoisotopic (exact) mass is 435 g/mol. The molecule has 0 aliphatic carbocycles. The fourth-order valence-electron chi connectivity index (χ4n) is 3.56. The number of hydrogen-bond acceptors (Lipinski definition) is 5. The van der Waals surface area contributed by atoms with Gasteiger partial charge in [-0.3, -0.25) is 14.9 Å². The largest absolute Gasteiger partial charge is 0.441 e. The molecule has 32 heavy (non-hydrogen) atoms. The summed E-state index contributed by atoms with van der Waals surface area (Å²) in [6.45, 7) is 6.24. The molecule has 0 spiro atoms. The number of nitro groups is 1. The molecular formula is C25H29N3O4. The van der Waals surface area contributed by atoms with Crippen LogP contribution in [0.25, 0.3) is 11.3 Å². The Balaban J connectivity index is 1.58. The molecule has 0 bridgehead atoms.